The molecule has 1 aromatic carbocycles. The lowest BCUT2D eigenvalue weighted by Crippen LogP contribution is -2.35. The summed E-state index contributed by atoms with van der Waals surface area (Å²) in [6, 6.07) is 7.65. The molecule has 1 N–H and O–H groups in total. The average Bonchev–Trinajstić information content (AvgIpc) is 2.62. The maximum absolute atomic E-state index is 14.7. The summed E-state index contributed by atoms with van der Waals surface area (Å²) in [4.78, 5) is 16.7. The number of ether oxygens (including phenoxy) is 1. The smallest absolute Gasteiger partial charge is 0.303 e. The molecule has 27 heavy (non-hydrogen) atoms. The van der Waals surface area contributed by atoms with E-state index in [1.54, 1.807) is 23.1 Å². The van der Waals surface area contributed by atoms with Crippen LogP contribution in [0.1, 0.15) is 26.2 Å². The lowest BCUT2D eigenvalue weighted by molar-refractivity contribution is -0.138. The quantitative estimate of drug-likeness (QED) is 0.822. The van der Waals surface area contributed by atoms with Crippen molar-refractivity contribution in [3.05, 3.63) is 42.0 Å². The highest BCUT2D eigenvalue weighted by Gasteiger charge is 2.25. The van der Waals surface area contributed by atoms with Gasteiger partial charge in [-0.2, -0.15) is 0 Å². The summed E-state index contributed by atoms with van der Waals surface area (Å²) in [5, 5.41) is 8.88. The molecule has 0 radical (unpaired) electrons. The molecule has 1 saturated heterocycles. The number of pyridine rings is 1. The van der Waals surface area contributed by atoms with Gasteiger partial charge in [0.1, 0.15) is 17.3 Å². The van der Waals surface area contributed by atoms with Crippen molar-refractivity contribution in [3.8, 4) is 17.1 Å². The molecule has 144 valence electrons. The third-order valence-corrected chi connectivity index (χ3v) is 4.72. The summed E-state index contributed by atoms with van der Waals surface area (Å²) in [6.45, 7) is 3.16. The molecule has 5 nitrogen and oxygen atoms in total. The molecule has 2 heterocycles. The normalized spacial score (nSPS) is 15.0. The fourth-order valence-corrected chi connectivity index (χ4v) is 3.43. The largest absolute Gasteiger partial charge is 0.481 e. The highest BCUT2D eigenvalue weighted by Crippen LogP contribution is 2.32. The first kappa shape index (κ1) is 19.1. The molecule has 0 aliphatic carbocycles. The number of carboxylic acid groups (broad SMARTS) is 1. The van der Waals surface area contributed by atoms with Crippen LogP contribution in [0.25, 0.3) is 11.3 Å². The monoisotopic (exact) mass is 376 g/mol. The minimum atomic E-state index is -0.836. The van der Waals surface area contributed by atoms with Gasteiger partial charge >= 0.3 is 5.97 Å². The fraction of sp³-hybridized carbons (Fsp3) is 0.400. The van der Waals surface area contributed by atoms with Gasteiger partial charge in [-0.3, -0.25) is 4.79 Å². The van der Waals surface area contributed by atoms with Gasteiger partial charge in [0, 0.05) is 31.1 Å². The number of carbonyl (C=O) groups is 1. The zero-order valence-electron chi connectivity index (χ0n) is 15.1. The minimum absolute atomic E-state index is 0.0506. The Morgan fingerprint density at radius 2 is 1.93 bits per heavy atom. The van der Waals surface area contributed by atoms with E-state index in [1.165, 1.54) is 12.1 Å². The molecule has 2 aromatic rings. The summed E-state index contributed by atoms with van der Waals surface area (Å²) in [6.07, 6.45) is 1.30. The van der Waals surface area contributed by atoms with Crippen LogP contribution in [0, 0.1) is 17.6 Å². The molecule has 0 spiro atoms. The molecule has 3 rings (SSSR count). The Hall–Kier alpha value is -2.70. The molecule has 7 heteroatoms. The second kappa shape index (κ2) is 8.33. The van der Waals surface area contributed by atoms with Gasteiger partial charge in [0.15, 0.2) is 0 Å². The van der Waals surface area contributed by atoms with Crippen LogP contribution in [-0.4, -0.2) is 35.8 Å². The fourth-order valence-electron chi connectivity index (χ4n) is 3.43. The third kappa shape index (κ3) is 4.53. The highest BCUT2D eigenvalue weighted by atomic mass is 19.1. The van der Waals surface area contributed by atoms with Gasteiger partial charge in [-0.1, -0.05) is 6.07 Å². The van der Waals surface area contributed by atoms with Crippen LogP contribution in [0.3, 0.4) is 0 Å². The van der Waals surface area contributed by atoms with Gasteiger partial charge < -0.3 is 14.7 Å². The van der Waals surface area contributed by atoms with E-state index >= 15 is 0 Å². The van der Waals surface area contributed by atoms with Gasteiger partial charge in [-0.05, 0) is 43.9 Å². The van der Waals surface area contributed by atoms with E-state index in [2.05, 4.69) is 4.98 Å². The number of anilines is 1. The second-order valence-electron chi connectivity index (χ2n) is 6.61. The van der Waals surface area contributed by atoms with Crippen LogP contribution in [0.2, 0.25) is 0 Å². The van der Waals surface area contributed by atoms with Gasteiger partial charge in [0.05, 0.1) is 12.3 Å². The standard InChI is InChI=1S/C20H22F2N2O3/c1-2-27-18-5-3-4-17(23-18)14-11-15(21)20(16(22)12-14)24-8-6-13(7-9-24)10-19(25)26/h3-5,11-13H,2,6-10H2,1H3,(H,25,26). The SMILES string of the molecule is CCOc1cccc(-c2cc(F)c(N3CCC(CC(=O)O)CC3)c(F)c2)n1. The molecular weight excluding hydrogens is 354 g/mol. The molecule has 0 unspecified atom stereocenters. The maximum Gasteiger partial charge on any atom is 0.303 e. The molecule has 0 bridgehead atoms. The molecule has 0 atom stereocenters. The minimum Gasteiger partial charge on any atom is -0.481 e. The van der Waals surface area contributed by atoms with Crippen LogP contribution < -0.4 is 9.64 Å². The number of rotatable bonds is 6. The van der Waals surface area contributed by atoms with Crippen molar-refractivity contribution in [1.82, 2.24) is 4.98 Å². The van der Waals surface area contributed by atoms with E-state index in [-0.39, 0.29) is 18.0 Å². The van der Waals surface area contributed by atoms with E-state index in [0.29, 0.717) is 49.7 Å². The second-order valence-corrected chi connectivity index (χ2v) is 6.61. The van der Waals surface area contributed by atoms with Gasteiger partial charge in [-0.25, -0.2) is 13.8 Å². The Morgan fingerprint density at radius 1 is 1.26 bits per heavy atom. The summed E-state index contributed by atoms with van der Waals surface area (Å²) < 4.78 is 34.7. The number of aliphatic carboxylic acids is 1. The van der Waals surface area contributed by atoms with Crippen molar-refractivity contribution in [2.45, 2.75) is 26.2 Å². The van der Waals surface area contributed by atoms with Crippen LogP contribution in [-0.2, 0) is 4.79 Å². The Morgan fingerprint density at radius 3 is 2.52 bits per heavy atom. The zero-order valence-corrected chi connectivity index (χ0v) is 15.1. The summed E-state index contributed by atoms with van der Waals surface area (Å²) in [5.41, 5.74) is 0.718. The topological polar surface area (TPSA) is 62.7 Å². The van der Waals surface area contributed by atoms with Crippen molar-refractivity contribution in [1.29, 1.82) is 0 Å². The van der Waals surface area contributed by atoms with Gasteiger partial charge in [-0.15, -0.1) is 0 Å². The van der Waals surface area contributed by atoms with Crippen LogP contribution in [0.15, 0.2) is 30.3 Å². The van der Waals surface area contributed by atoms with Crippen LogP contribution in [0.5, 0.6) is 5.88 Å². The number of hydrogen-bond acceptors (Lipinski definition) is 4. The predicted molar refractivity (Wildman–Crippen MR) is 97.9 cm³/mol. The molecule has 1 aromatic heterocycles. The third-order valence-electron chi connectivity index (χ3n) is 4.72. The Labute approximate surface area is 156 Å². The van der Waals surface area contributed by atoms with E-state index < -0.39 is 17.6 Å². The number of halogens is 2. The number of hydrogen-bond donors (Lipinski definition) is 1. The molecular formula is C20H22F2N2O3. The Kier molecular flexibility index (Phi) is 5.88. The van der Waals surface area contributed by atoms with E-state index in [1.807, 2.05) is 6.92 Å². The van der Waals surface area contributed by atoms with Crippen molar-refractivity contribution in [2.24, 2.45) is 5.92 Å². The van der Waals surface area contributed by atoms with Crippen molar-refractivity contribution in [2.75, 3.05) is 24.6 Å². The van der Waals surface area contributed by atoms with Crippen LogP contribution in [0.4, 0.5) is 14.5 Å². The maximum atomic E-state index is 14.7. The number of carboxylic acids is 1. The first-order valence-electron chi connectivity index (χ1n) is 9.04. The lowest BCUT2D eigenvalue weighted by Gasteiger charge is -2.33. The number of aromatic nitrogens is 1. The highest BCUT2D eigenvalue weighted by molar-refractivity contribution is 5.67. The Bertz CT molecular complexity index is 798. The number of nitrogens with zero attached hydrogens (tertiary/aromatic N) is 2. The van der Waals surface area contributed by atoms with E-state index in [4.69, 9.17) is 9.84 Å². The van der Waals surface area contributed by atoms with Crippen molar-refractivity contribution in [3.63, 3.8) is 0 Å². The van der Waals surface area contributed by atoms with Crippen molar-refractivity contribution < 1.29 is 23.4 Å². The summed E-state index contributed by atoms with van der Waals surface area (Å²) in [5.74, 6) is -1.68. The lowest BCUT2D eigenvalue weighted by atomic mass is 9.93. The van der Waals surface area contributed by atoms with Crippen molar-refractivity contribution >= 4 is 11.7 Å². The molecule has 1 aliphatic rings. The molecule has 0 amide bonds. The zero-order chi connectivity index (χ0) is 19.4. The number of piperidine rings is 1. The summed E-state index contributed by atoms with van der Waals surface area (Å²) >= 11 is 0. The van der Waals surface area contributed by atoms with Gasteiger partial charge in [0.25, 0.3) is 0 Å². The van der Waals surface area contributed by atoms with E-state index in [9.17, 15) is 13.6 Å². The van der Waals surface area contributed by atoms with Gasteiger partial charge in [0.2, 0.25) is 5.88 Å². The first-order valence-corrected chi connectivity index (χ1v) is 9.04. The summed E-state index contributed by atoms with van der Waals surface area (Å²) in [7, 11) is 0. The van der Waals surface area contributed by atoms with E-state index in [0.717, 1.165) is 0 Å². The Balaban J connectivity index is 1.80. The average molecular weight is 376 g/mol. The molecule has 1 fully saturated rings. The van der Waals surface area contributed by atoms with Crippen LogP contribution >= 0.6 is 0 Å². The molecule has 0 saturated carbocycles. The first-order chi connectivity index (χ1) is 13.0. The number of benzene rings is 1. The molecule has 1 aliphatic heterocycles. The predicted octanol–water partition coefficient (Wildman–Crippen LogP) is 4.12.